The van der Waals surface area contributed by atoms with Crippen LogP contribution in [0.5, 0.6) is 5.75 Å². The molecule has 28 heavy (non-hydrogen) atoms. The summed E-state index contributed by atoms with van der Waals surface area (Å²) >= 11 is 6.09. The van der Waals surface area contributed by atoms with E-state index in [2.05, 4.69) is 11.0 Å². The van der Waals surface area contributed by atoms with Crippen molar-refractivity contribution in [3.8, 4) is 5.75 Å². The minimum absolute atomic E-state index is 0.0494. The van der Waals surface area contributed by atoms with Gasteiger partial charge in [0.15, 0.2) is 0 Å². The third-order valence-electron chi connectivity index (χ3n) is 5.28. The van der Waals surface area contributed by atoms with Crippen molar-refractivity contribution in [2.24, 2.45) is 0 Å². The number of hydrogen-bond donors (Lipinski definition) is 0. The van der Waals surface area contributed by atoms with E-state index in [9.17, 15) is 4.79 Å². The third kappa shape index (κ3) is 4.59. The highest BCUT2D eigenvalue weighted by molar-refractivity contribution is 6.30. The number of nitrogens with zero attached hydrogens (tertiary/aromatic N) is 2. The number of halogens is 1. The molecule has 6 heteroatoms. The molecule has 0 aromatic heterocycles. The molecule has 1 atom stereocenters. The van der Waals surface area contributed by atoms with Gasteiger partial charge < -0.3 is 19.3 Å². The van der Waals surface area contributed by atoms with Crippen molar-refractivity contribution in [3.05, 3.63) is 59.1 Å². The van der Waals surface area contributed by atoms with Gasteiger partial charge >= 0.3 is 0 Å². The van der Waals surface area contributed by atoms with Gasteiger partial charge in [-0.15, -0.1) is 0 Å². The van der Waals surface area contributed by atoms with Gasteiger partial charge in [0, 0.05) is 49.1 Å². The maximum absolute atomic E-state index is 12.9. The summed E-state index contributed by atoms with van der Waals surface area (Å²) in [5, 5.41) is 0.732. The summed E-state index contributed by atoms with van der Waals surface area (Å²) in [6.07, 6.45) is 2.29. The fraction of sp³-hybridized carbons (Fsp3) is 0.409. The number of carbonyl (C=O) groups excluding carboxylic acids is 1. The second kappa shape index (κ2) is 8.84. The molecule has 0 saturated carbocycles. The van der Waals surface area contributed by atoms with E-state index in [1.54, 1.807) is 0 Å². The van der Waals surface area contributed by atoms with Crippen LogP contribution in [0.4, 0.5) is 5.69 Å². The Hall–Kier alpha value is -2.24. The van der Waals surface area contributed by atoms with Gasteiger partial charge in [-0.1, -0.05) is 23.7 Å². The predicted molar refractivity (Wildman–Crippen MR) is 110 cm³/mol. The molecule has 1 amide bonds. The molecule has 2 aliphatic rings. The summed E-state index contributed by atoms with van der Waals surface area (Å²) in [6.45, 7) is 4.31. The maximum atomic E-state index is 12.9. The summed E-state index contributed by atoms with van der Waals surface area (Å²) in [7, 11) is 0. The number of hydrogen-bond acceptors (Lipinski definition) is 4. The summed E-state index contributed by atoms with van der Waals surface area (Å²) in [6, 6.07) is 15.3. The monoisotopic (exact) mass is 400 g/mol. The Balaban J connectivity index is 1.34. The summed E-state index contributed by atoms with van der Waals surface area (Å²) in [4.78, 5) is 17.1. The van der Waals surface area contributed by atoms with Crippen LogP contribution in [0.1, 0.15) is 23.2 Å². The molecular weight excluding hydrogens is 376 g/mol. The molecule has 0 unspecified atom stereocenters. The number of ether oxygens (including phenoxy) is 2. The van der Waals surface area contributed by atoms with Gasteiger partial charge in [-0.05, 0) is 49.2 Å². The highest BCUT2D eigenvalue weighted by Gasteiger charge is 2.23. The average Bonchev–Trinajstić information content (AvgIpc) is 3.26. The maximum Gasteiger partial charge on any atom is 0.254 e. The third-order valence-corrected chi connectivity index (χ3v) is 5.52. The van der Waals surface area contributed by atoms with E-state index in [0.717, 1.165) is 49.0 Å². The van der Waals surface area contributed by atoms with Gasteiger partial charge in [0.2, 0.25) is 0 Å². The Morgan fingerprint density at radius 2 is 1.93 bits per heavy atom. The van der Waals surface area contributed by atoms with Gasteiger partial charge in [0.1, 0.15) is 12.4 Å². The highest BCUT2D eigenvalue weighted by atomic mass is 35.5. The lowest BCUT2D eigenvalue weighted by molar-refractivity contribution is 0.0677. The highest BCUT2D eigenvalue weighted by Crippen LogP contribution is 2.22. The molecular formula is C22H25ClN2O3. The van der Waals surface area contributed by atoms with Crippen LogP contribution in [0.15, 0.2) is 48.5 Å². The van der Waals surface area contributed by atoms with Crippen LogP contribution >= 0.6 is 11.6 Å². The first-order valence-electron chi connectivity index (χ1n) is 9.83. The van der Waals surface area contributed by atoms with Gasteiger partial charge in [0.05, 0.1) is 6.10 Å². The fourth-order valence-corrected chi connectivity index (χ4v) is 3.89. The molecule has 2 aromatic carbocycles. The largest absolute Gasteiger partial charge is 0.491 e. The lowest BCUT2D eigenvalue weighted by Gasteiger charge is -2.36. The van der Waals surface area contributed by atoms with E-state index in [0.29, 0.717) is 25.3 Å². The Morgan fingerprint density at radius 3 is 2.68 bits per heavy atom. The number of carbonyl (C=O) groups is 1. The lowest BCUT2D eigenvalue weighted by Crippen LogP contribution is -2.48. The normalized spacial score (nSPS) is 19.7. The van der Waals surface area contributed by atoms with Crippen molar-refractivity contribution in [1.82, 2.24) is 4.90 Å². The summed E-state index contributed by atoms with van der Waals surface area (Å²) in [5.74, 6) is 0.771. The van der Waals surface area contributed by atoms with Crippen LogP contribution in [-0.2, 0) is 4.74 Å². The number of anilines is 1. The zero-order valence-corrected chi connectivity index (χ0v) is 16.6. The minimum Gasteiger partial charge on any atom is -0.491 e. The van der Waals surface area contributed by atoms with E-state index < -0.39 is 0 Å². The van der Waals surface area contributed by atoms with E-state index >= 15 is 0 Å². The van der Waals surface area contributed by atoms with Gasteiger partial charge in [-0.3, -0.25) is 4.79 Å². The Kier molecular flexibility index (Phi) is 6.03. The number of benzene rings is 2. The zero-order valence-electron chi connectivity index (χ0n) is 15.9. The molecule has 2 aliphatic heterocycles. The van der Waals surface area contributed by atoms with Crippen LogP contribution in [0.3, 0.4) is 0 Å². The van der Waals surface area contributed by atoms with E-state index in [1.165, 1.54) is 0 Å². The minimum atomic E-state index is 0.0494. The van der Waals surface area contributed by atoms with Crippen LogP contribution in [-0.4, -0.2) is 56.3 Å². The van der Waals surface area contributed by atoms with Gasteiger partial charge in [0.25, 0.3) is 5.91 Å². The quantitative estimate of drug-likeness (QED) is 0.764. The zero-order chi connectivity index (χ0) is 19.3. The topological polar surface area (TPSA) is 42.0 Å². The SMILES string of the molecule is O=C(c1cccc(OC[C@@H]2CCCO2)c1)N1CCN(c2cccc(Cl)c2)CC1. The summed E-state index contributed by atoms with van der Waals surface area (Å²) < 4.78 is 11.4. The smallest absolute Gasteiger partial charge is 0.254 e. The predicted octanol–water partition coefficient (Wildman–Crippen LogP) is 3.86. The van der Waals surface area contributed by atoms with Crippen molar-refractivity contribution in [3.63, 3.8) is 0 Å². The molecule has 0 N–H and O–H groups in total. The molecule has 2 heterocycles. The second-order valence-electron chi connectivity index (χ2n) is 7.23. The molecule has 2 saturated heterocycles. The van der Waals surface area contributed by atoms with Crippen molar-refractivity contribution in [2.75, 3.05) is 44.3 Å². The molecule has 0 aliphatic carbocycles. The molecule has 2 fully saturated rings. The van der Waals surface area contributed by atoms with E-state index in [1.807, 2.05) is 47.4 Å². The molecule has 4 rings (SSSR count). The average molecular weight is 401 g/mol. The lowest BCUT2D eigenvalue weighted by atomic mass is 10.1. The first-order valence-corrected chi connectivity index (χ1v) is 10.2. The first-order chi connectivity index (χ1) is 13.7. The molecule has 0 radical (unpaired) electrons. The van der Waals surface area contributed by atoms with Crippen LogP contribution in [0.2, 0.25) is 5.02 Å². The van der Waals surface area contributed by atoms with Gasteiger partial charge in [-0.25, -0.2) is 0 Å². The number of piperazine rings is 1. The van der Waals surface area contributed by atoms with Crippen molar-refractivity contribution in [2.45, 2.75) is 18.9 Å². The Labute approximate surface area is 170 Å². The number of amides is 1. The van der Waals surface area contributed by atoms with Crippen molar-refractivity contribution in [1.29, 1.82) is 0 Å². The van der Waals surface area contributed by atoms with E-state index in [-0.39, 0.29) is 12.0 Å². The Bertz CT molecular complexity index is 815. The standard InChI is InChI=1S/C22H25ClN2O3/c23-18-5-2-6-19(15-18)24-9-11-25(12-10-24)22(26)17-4-1-7-20(14-17)28-16-21-8-3-13-27-21/h1-2,4-7,14-15,21H,3,8-13,16H2/t21-/m0/s1. The van der Waals surface area contributed by atoms with Crippen LogP contribution in [0, 0.1) is 0 Å². The molecule has 2 aromatic rings. The van der Waals surface area contributed by atoms with Crippen molar-refractivity contribution >= 4 is 23.2 Å². The van der Waals surface area contributed by atoms with Crippen LogP contribution < -0.4 is 9.64 Å². The fourth-order valence-electron chi connectivity index (χ4n) is 3.71. The van der Waals surface area contributed by atoms with E-state index in [4.69, 9.17) is 21.1 Å². The number of rotatable bonds is 5. The second-order valence-corrected chi connectivity index (χ2v) is 7.67. The molecule has 0 bridgehead atoms. The first kappa shape index (κ1) is 19.1. The van der Waals surface area contributed by atoms with Crippen LogP contribution in [0.25, 0.3) is 0 Å². The summed E-state index contributed by atoms with van der Waals surface area (Å²) in [5.41, 5.74) is 1.77. The molecule has 5 nitrogen and oxygen atoms in total. The molecule has 0 spiro atoms. The van der Waals surface area contributed by atoms with Crippen molar-refractivity contribution < 1.29 is 14.3 Å². The molecule has 148 valence electrons. The van der Waals surface area contributed by atoms with Gasteiger partial charge in [-0.2, -0.15) is 0 Å². The Morgan fingerprint density at radius 1 is 1.11 bits per heavy atom.